The maximum Gasteiger partial charge on any atom is 0.197 e. The zero-order valence-corrected chi connectivity index (χ0v) is 11.9. The van der Waals surface area contributed by atoms with E-state index in [-0.39, 0.29) is 0 Å². The molecular weight excluding hydrogens is 248 g/mol. The van der Waals surface area contributed by atoms with E-state index < -0.39 is 0 Å². The summed E-state index contributed by atoms with van der Waals surface area (Å²) in [4.78, 5) is 2.42. The molecule has 1 fully saturated rings. The summed E-state index contributed by atoms with van der Waals surface area (Å²) >= 11 is 1.38. The number of hydrogen-bond donors (Lipinski definition) is 2. The first-order chi connectivity index (χ1) is 8.72. The number of nitrogens with one attached hydrogen (secondary N) is 1. The lowest BCUT2D eigenvalue weighted by Crippen LogP contribution is -2.40. The molecule has 0 aromatic carbocycles. The van der Waals surface area contributed by atoms with E-state index in [1.165, 1.54) is 37.3 Å². The first kappa shape index (κ1) is 13.4. The van der Waals surface area contributed by atoms with Crippen LogP contribution in [-0.4, -0.2) is 42.1 Å². The van der Waals surface area contributed by atoms with Crippen molar-refractivity contribution in [3.63, 3.8) is 0 Å². The average molecular weight is 270 g/mol. The minimum atomic E-state index is 0.487. The zero-order valence-electron chi connectivity index (χ0n) is 11.1. The van der Waals surface area contributed by atoms with Gasteiger partial charge >= 0.3 is 0 Å². The molecule has 1 unspecified atom stereocenters. The fourth-order valence-electron chi connectivity index (χ4n) is 2.30. The van der Waals surface area contributed by atoms with E-state index in [0.29, 0.717) is 24.2 Å². The Balaban J connectivity index is 1.93. The van der Waals surface area contributed by atoms with Crippen LogP contribution in [0, 0.1) is 0 Å². The van der Waals surface area contributed by atoms with Crippen molar-refractivity contribution in [1.29, 1.82) is 0 Å². The van der Waals surface area contributed by atoms with Crippen LogP contribution in [0.15, 0.2) is 0 Å². The van der Waals surface area contributed by atoms with Crippen molar-refractivity contribution >= 4 is 22.4 Å². The second kappa shape index (κ2) is 6.24. The van der Waals surface area contributed by atoms with E-state index in [9.17, 15) is 0 Å². The van der Waals surface area contributed by atoms with Gasteiger partial charge in [-0.15, -0.1) is 0 Å². The van der Waals surface area contributed by atoms with Gasteiger partial charge in [0.1, 0.15) is 0 Å². The first-order valence-electron chi connectivity index (χ1n) is 6.54. The Labute approximate surface area is 112 Å². The average Bonchev–Trinajstić information content (AvgIpc) is 2.71. The Morgan fingerprint density at radius 3 is 3.11 bits per heavy atom. The van der Waals surface area contributed by atoms with E-state index in [1.54, 1.807) is 0 Å². The molecule has 1 aliphatic heterocycles. The lowest BCUT2D eigenvalue weighted by Gasteiger charge is -2.32. The predicted octanol–water partition coefficient (Wildman–Crippen LogP) is 2.02. The third-order valence-electron chi connectivity index (χ3n) is 3.38. The van der Waals surface area contributed by atoms with E-state index in [2.05, 4.69) is 21.6 Å². The van der Waals surface area contributed by atoms with Gasteiger partial charge < -0.3 is 20.7 Å². The molecule has 0 spiro atoms. The van der Waals surface area contributed by atoms with Gasteiger partial charge in [0.2, 0.25) is 0 Å². The van der Waals surface area contributed by atoms with Crippen LogP contribution in [0.4, 0.5) is 10.8 Å². The van der Waals surface area contributed by atoms with Crippen LogP contribution >= 0.6 is 11.5 Å². The molecule has 0 bridgehead atoms. The van der Waals surface area contributed by atoms with Gasteiger partial charge in [-0.1, -0.05) is 6.42 Å². The van der Waals surface area contributed by atoms with Gasteiger partial charge in [-0.3, -0.25) is 0 Å². The van der Waals surface area contributed by atoms with Crippen LogP contribution in [0.5, 0.6) is 5.75 Å². The summed E-state index contributed by atoms with van der Waals surface area (Å²) < 4.78 is 9.66. The van der Waals surface area contributed by atoms with E-state index in [0.717, 1.165) is 11.5 Å². The summed E-state index contributed by atoms with van der Waals surface area (Å²) in [6, 6.07) is 0.594. The van der Waals surface area contributed by atoms with Crippen molar-refractivity contribution in [2.45, 2.75) is 32.2 Å². The van der Waals surface area contributed by atoms with Gasteiger partial charge in [0.15, 0.2) is 16.6 Å². The van der Waals surface area contributed by atoms with Crippen molar-refractivity contribution in [2.75, 3.05) is 37.8 Å². The monoisotopic (exact) mass is 270 g/mol. The Morgan fingerprint density at radius 1 is 1.56 bits per heavy atom. The van der Waals surface area contributed by atoms with Crippen LogP contribution in [0.2, 0.25) is 0 Å². The normalized spacial score (nSPS) is 20.9. The van der Waals surface area contributed by atoms with Gasteiger partial charge in [-0.2, -0.15) is 4.37 Å². The van der Waals surface area contributed by atoms with Crippen LogP contribution in [0.25, 0.3) is 0 Å². The van der Waals surface area contributed by atoms with Crippen molar-refractivity contribution in [3.05, 3.63) is 0 Å². The second-order valence-electron chi connectivity index (χ2n) is 4.67. The molecule has 1 aliphatic rings. The SMILES string of the molecule is CCOc1c(N)nsc1NCC1CCCCN1C. The highest BCUT2D eigenvalue weighted by Crippen LogP contribution is 2.35. The Morgan fingerprint density at radius 2 is 2.39 bits per heavy atom. The Hall–Kier alpha value is -1.01. The lowest BCUT2D eigenvalue weighted by atomic mass is 10.0. The standard InChI is InChI=1S/C12H22N4OS/c1-3-17-10-11(13)15-18-12(10)14-8-9-6-4-5-7-16(9)2/h9,14H,3-8H2,1-2H3,(H2,13,15). The summed E-state index contributed by atoms with van der Waals surface area (Å²) in [6.45, 7) is 4.68. The topological polar surface area (TPSA) is 63.4 Å². The second-order valence-corrected chi connectivity index (χ2v) is 5.44. The number of aromatic nitrogens is 1. The number of hydrogen-bond acceptors (Lipinski definition) is 6. The van der Waals surface area contributed by atoms with Crippen LogP contribution in [0.3, 0.4) is 0 Å². The van der Waals surface area contributed by atoms with Crippen molar-refractivity contribution in [2.24, 2.45) is 0 Å². The van der Waals surface area contributed by atoms with Gasteiger partial charge in [0, 0.05) is 12.6 Å². The number of anilines is 2. The Bertz CT molecular complexity index is 382. The summed E-state index contributed by atoms with van der Waals surface area (Å²) in [7, 11) is 2.19. The molecule has 0 radical (unpaired) electrons. The number of rotatable bonds is 5. The van der Waals surface area contributed by atoms with E-state index in [1.807, 2.05) is 6.92 Å². The molecule has 0 saturated carbocycles. The number of piperidine rings is 1. The van der Waals surface area contributed by atoms with Gasteiger partial charge in [-0.05, 0) is 44.9 Å². The number of likely N-dealkylation sites (N-methyl/N-ethyl adjacent to an activating group) is 1. The first-order valence-corrected chi connectivity index (χ1v) is 7.31. The summed E-state index contributed by atoms with van der Waals surface area (Å²) in [5.41, 5.74) is 5.79. The molecule has 3 N–H and O–H groups in total. The van der Waals surface area contributed by atoms with Gasteiger partial charge in [0.05, 0.1) is 6.61 Å². The lowest BCUT2D eigenvalue weighted by molar-refractivity contribution is 0.194. The molecule has 18 heavy (non-hydrogen) atoms. The van der Waals surface area contributed by atoms with Crippen LogP contribution < -0.4 is 15.8 Å². The molecule has 1 saturated heterocycles. The largest absolute Gasteiger partial charge is 0.487 e. The molecule has 1 atom stereocenters. The highest BCUT2D eigenvalue weighted by Gasteiger charge is 2.20. The fourth-order valence-corrected chi connectivity index (χ4v) is 2.97. The molecule has 2 heterocycles. The molecular formula is C12H22N4OS. The molecule has 5 nitrogen and oxygen atoms in total. The zero-order chi connectivity index (χ0) is 13.0. The summed E-state index contributed by atoms with van der Waals surface area (Å²) in [6.07, 6.45) is 3.88. The van der Waals surface area contributed by atoms with Gasteiger partial charge in [-0.25, -0.2) is 0 Å². The molecule has 0 aliphatic carbocycles. The van der Waals surface area contributed by atoms with E-state index >= 15 is 0 Å². The minimum Gasteiger partial charge on any atom is -0.487 e. The Kier molecular flexibility index (Phi) is 4.66. The number of nitrogens with zero attached hydrogens (tertiary/aromatic N) is 2. The van der Waals surface area contributed by atoms with Crippen molar-refractivity contribution in [3.8, 4) is 5.75 Å². The molecule has 2 rings (SSSR count). The molecule has 6 heteroatoms. The number of nitrogens with two attached hydrogens (primary N) is 1. The predicted molar refractivity (Wildman–Crippen MR) is 76.5 cm³/mol. The van der Waals surface area contributed by atoms with Crippen molar-refractivity contribution < 1.29 is 4.74 Å². The molecule has 0 amide bonds. The highest BCUT2D eigenvalue weighted by atomic mass is 32.1. The molecule has 1 aromatic heterocycles. The number of ether oxygens (including phenoxy) is 1. The number of likely N-dealkylation sites (tertiary alicyclic amines) is 1. The molecule has 1 aromatic rings. The van der Waals surface area contributed by atoms with Crippen LogP contribution in [-0.2, 0) is 0 Å². The summed E-state index contributed by atoms with van der Waals surface area (Å²) in [5.74, 6) is 1.20. The molecule has 102 valence electrons. The quantitative estimate of drug-likeness (QED) is 0.857. The third kappa shape index (κ3) is 3.05. The maximum absolute atomic E-state index is 5.79. The minimum absolute atomic E-state index is 0.487. The van der Waals surface area contributed by atoms with E-state index in [4.69, 9.17) is 10.5 Å². The van der Waals surface area contributed by atoms with Gasteiger partial charge in [0.25, 0.3) is 0 Å². The highest BCUT2D eigenvalue weighted by molar-refractivity contribution is 7.11. The summed E-state index contributed by atoms with van der Waals surface area (Å²) in [5, 5.41) is 4.38. The maximum atomic E-state index is 5.79. The van der Waals surface area contributed by atoms with Crippen molar-refractivity contribution in [1.82, 2.24) is 9.27 Å². The number of nitrogen functional groups attached to an aromatic ring is 1. The smallest absolute Gasteiger partial charge is 0.197 e. The van der Waals surface area contributed by atoms with Crippen LogP contribution in [0.1, 0.15) is 26.2 Å². The fraction of sp³-hybridized carbons (Fsp3) is 0.750. The third-order valence-corrected chi connectivity index (χ3v) is 4.18.